The number of carbonyl (C=O) groups excluding carboxylic acids is 1. The van der Waals surface area contributed by atoms with Crippen LogP contribution in [0.1, 0.15) is 18.7 Å². The minimum absolute atomic E-state index is 0.124. The zero-order chi connectivity index (χ0) is 10.6. The van der Waals surface area contributed by atoms with Gasteiger partial charge in [-0.25, -0.2) is 0 Å². The molecule has 0 fully saturated rings. The van der Waals surface area contributed by atoms with E-state index in [-0.39, 0.29) is 17.3 Å². The van der Waals surface area contributed by atoms with Gasteiger partial charge < -0.3 is 0 Å². The largest absolute Gasteiger partial charge is 0.293 e. The van der Waals surface area contributed by atoms with Gasteiger partial charge >= 0.3 is 0 Å². The lowest BCUT2D eigenvalue weighted by Crippen LogP contribution is -2.08. The molecule has 0 aliphatic rings. The van der Waals surface area contributed by atoms with Gasteiger partial charge in [0.25, 0.3) is 0 Å². The molecule has 0 saturated carbocycles. The number of hydrogen-bond acceptors (Lipinski definition) is 4. The molecule has 0 radical (unpaired) electrons. The van der Waals surface area contributed by atoms with Crippen molar-refractivity contribution in [1.29, 1.82) is 5.26 Å². The van der Waals surface area contributed by atoms with Gasteiger partial charge in [-0.1, -0.05) is 13.8 Å². The molecule has 1 aromatic heterocycles. The summed E-state index contributed by atoms with van der Waals surface area (Å²) in [5.41, 5.74) is 1.87. The standard InChI is InChI=1S/C10H10N2OS/c1-7(2)10(13)8(4-11)3-9-5-12-6-14-9/h3,5-7H,1-2H3/b8-3+. The SMILES string of the molecule is CC(C)C(=O)/C(C#N)=C/c1cncs1. The van der Waals surface area contributed by atoms with E-state index < -0.39 is 0 Å². The number of aromatic nitrogens is 1. The predicted octanol–water partition coefficient (Wildman–Crippen LogP) is 2.28. The molecule has 0 bridgehead atoms. The van der Waals surface area contributed by atoms with Gasteiger partial charge in [-0.15, -0.1) is 11.3 Å². The Balaban J connectivity index is 2.94. The minimum atomic E-state index is -0.145. The molecular weight excluding hydrogens is 196 g/mol. The second kappa shape index (κ2) is 4.68. The monoisotopic (exact) mass is 206 g/mol. The van der Waals surface area contributed by atoms with Crippen molar-refractivity contribution in [2.45, 2.75) is 13.8 Å². The topological polar surface area (TPSA) is 53.8 Å². The lowest BCUT2D eigenvalue weighted by atomic mass is 10.0. The molecule has 0 N–H and O–H groups in total. The third kappa shape index (κ3) is 2.51. The quantitative estimate of drug-likeness (QED) is 0.563. The normalized spacial score (nSPS) is 11.4. The number of rotatable bonds is 3. The first-order valence-electron chi connectivity index (χ1n) is 4.19. The van der Waals surface area contributed by atoms with Gasteiger partial charge in [0.1, 0.15) is 6.07 Å². The van der Waals surface area contributed by atoms with E-state index in [1.54, 1.807) is 31.6 Å². The molecule has 0 unspecified atom stereocenters. The molecule has 0 aromatic carbocycles. The number of nitrogens with zero attached hydrogens (tertiary/aromatic N) is 2. The lowest BCUT2D eigenvalue weighted by molar-refractivity contribution is -0.117. The molecule has 14 heavy (non-hydrogen) atoms. The van der Waals surface area contributed by atoms with Gasteiger partial charge in [-0.05, 0) is 6.08 Å². The Morgan fingerprint density at radius 2 is 2.43 bits per heavy atom. The number of carbonyl (C=O) groups is 1. The van der Waals surface area contributed by atoms with Crippen molar-refractivity contribution in [3.05, 3.63) is 22.2 Å². The maximum atomic E-state index is 11.5. The summed E-state index contributed by atoms with van der Waals surface area (Å²) in [5, 5.41) is 8.79. The van der Waals surface area contributed by atoms with Crippen LogP contribution in [-0.4, -0.2) is 10.8 Å². The Morgan fingerprint density at radius 1 is 1.71 bits per heavy atom. The molecule has 1 aromatic rings. The fourth-order valence-corrected chi connectivity index (χ4v) is 1.46. The molecule has 0 saturated heterocycles. The van der Waals surface area contributed by atoms with Crippen molar-refractivity contribution >= 4 is 23.2 Å². The van der Waals surface area contributed by atoms with E-state index in [1.807, 2.05) is 6.07 Å². The summed E-state index contributed by atoms with van der Waals surface area (Å²) >= 11 is 1.40. The average molecular weight is 206 g/mol. The average Bonchev–Trinajstić information content (AvgIpc) is 2.65. The summed E-state index contributed by atoms with van der Waals surface area (Å²) in [7, 11) is 0. The number of allylic oxidation sites excluding steroid dienone is 1. The van der Waals surface area contributed by atoms with E-state index in [0.717, 1.165) is 4.88 Å². The highest BCUT2D eigenvalue weighted by Gasteiger charge is 2.13. The Hall–Kier alpha value is -1.47. The zero-order valence-electron chi connectivity index (χ0n) is 8.02. The molecule has 1 heterocycles. The Morgan fingerprint density at radius 3 is 2.86 bits per heavy atom. The smallest absolute Gasteiger partial charge is 0.175 e. The van der Waals surface area contributed by atoms with E-state index in [2.05, 4.69) is 4.98 Å². The lowest BCUT2D eigenvalue weighted by Gasteiger charge is -2.00. The first-order chi connectivity index (χ1) is 6.65. The van der Waals surface area contributed by atoms with Gasteiger partial charge in [0.2, 0.25) is 0 Å². The molecule has 0 aliphatic heterocycles. The van der Waals surface area contributed by atoms with Crippen LogP contribution in [0.5, 0.6) is 0 Å². The summed E-state index contributed by atoms with van der Waals surface area (Å²) in [4.78, 5) is 16.2. The molecule has 0 atom stereocenters. The van der Waals surface area contributed by atoms with Gasteiger partial charge in [0, 0.05) is 17.0 Å². The third-order valence-corrected chi connectivity index (χ3v) is 2.37. The minimum Gasteiger partial charge on any atom is -0.293 e. The Kier molecular flexibility index (Phi) is 3.55. The summed E-state index contributed by atoms with van der Waals surface area (Å²) in [5.74, 6) is -0.269. The van der Waals surface area contributed by atoms with E-state index in [1.165, 1.54) is 11.3 Å². The molecule has 0 spiro atoms. The van der Waals surface area contributed by atoms with Crippen LogP contribution in [0.3, 0.4) is 0 Å². The van der Waals surface area contributed by atoms with Crippen molar-refractivity contribution in [3.8, 4) is 6.07 Å². The Labute approximate surface area is 86.7 Å². The first-order valence-corrected chi connectivity index (χ1v) is 5.07. The van der Waals surface area contributed by atoms with E-state index in [4.69, 9.17) is 5.26 Å². The van der Waals surface area contributed by atoms with Crippen molar-refractivity contribution < 1.29 is 4.79 Å². The number of nitriles is 1. The maximum absolute atomic E-state index is 11.5. The Bertz CT molecular complexity index is 385. The van der Waals surface area contributed by atoms with Crippen LogP contribution in [0.4, 0.5) is 0 Å². The summed E-state index contributed by atoms with van der Waals surface area (Å²) in [6.07, 6.45) is 3.22. The highest BCUT2D eigenvalue weighted by molar-refractivity contribution is 7.10. The fraction of sp³-hybridized carbons (Fsp3) is 0.300. The number of hydrogen-bond donors (Lipinski definition) is 0. The van der Waals surface area contributed by atoms with E-state index >= 15 is 0 Å². The third-order valence-electron chi connectivity index (χ3n) is 1.65. The molecule has 0 aliphatic carbocycles. The maximum Gasteiger partial charge on any atom is 0.175 e. The van der Waals surface area contributed by atoms with Gasteiger partial charge in [0.05, 0.1) is 11.1 Å². The van der Waals surface area contributed by atoms with Crippen molar-refractivity contribution in [2.24, 2.45) is 5.92 Å². The number of ketones is 1. The van der Waals surface area contributed by atoms with Crippen LogP contribution in [0, 0.1) is 17.2 Å². The molecule has 0 amide bonds. The van der Waals surface area contributed by atoms with Crippen LogP contribution < -0.4 is 0 Å². The number of Topliss-reactive ketones (excluding diaryl/α,β-unsaturated/α-hetero) is 1. The highest BCUT2D eigenvalue weighted by Crippen LogP contribution is 2.13. The highest BCUT2D eigenvalue weighted by atomic mass is 32.1. The number of thiazole rings is 1. The molecule has 1 rings (SSSR count). The summed E-state index contributed by atoms with van der Waals surface area (Å²) < 4.78 is 0. The molecule has 4 heteroatoms. The van der Waals surface area contributed by atoms with E-state index in [9.17, 15) is 4.79 Å². The zero-order valence-corrected chi connectivity index (χ0v) is 8.84. The van der Waals surface area contributed by atoms with Crippen LogP contribution in [0.25, 0.3) is 6.08 Å². The van der Waals surface area contributed by atoms with Gasteiger partial charge in [0.15, 0.2) is 5.78 Å². The second-order valence-corrected chi connectivity index (χ2v) is 4.01. The van der Waals surface area contributed by atoms with Crippen molar-refractivity contribution in [2.75, 3.05) is 0 Å². The van der Waals surface area contributed by atoms with Crippen LogP contribution in [-0.2, 0) is 4.79 Å². The van der Waals surface area contributed by atoms with Crippen molar-refractivity contribution in [3.63, 3.8) is 0 Å². The van der Waals surface area contributed by atoms with Crippen LogP contribution in [0.15, 0.2) is 17.3 Å². The predicted molar refractivity (Wildman–Crippen MR) is 55.5 cm³/mol. The second-order valence-electron chi connectivity index (χ2n) is 3.09. The van der Waals surface area contributed by atoms with Gasteiger partial charge in [-0.3, -0.25) is 9.78 Å². The molecule has 3 nitrogen and oxygen atoms in total. The van der Waals surface area contributed by atoms with E-state index in [0.29, 0.717) is 0 Å². The van der Waals surface area contributed by atoms with Gasteiger partial charge in [-0.2, -0.15) is 5.26 Å². The summed E-state index contributed by atoms with van der Waals surface area (Å²) in [6, 6.07) is 1.91. The molecule has 72 valence electrons. The molecular formula is C10H10N2OS. The first kappa shape index (κ1) is 10.6. The fourth-order valence-electron chi connectivity index (χ4n) is 0.909. The van der Waals surface area contributed by atoms with Crippen LogP contribution >= 0.6 is 11.3 Å². The summed E-state index contributed by atoms with van der Waals surface area (Å²) in [6.45, 7) is 3.56. The van der Waals surface area contributed by atoms with Crippen molar-refractivity contribution in [1.82, 2.24) is 4.98 Å². The van der Waals surface area contributed by atoms with Crippen LogP contribution in [0.2, 0.25) is 0 Å².